The van der Waals surface area contributed by atoms with Crippen LogP contribution in [0.5, 0.6) is 0 Å². The third-order valence-corrected chi connectivity index (χ3v) is 5.69. The standard InChI is InChI=1S/C12H19NSi/c1-5-11-8-7-9-12(10-11)14(6-2)13(3)4/h5,7-10,14H,1,6H2,2-4H3. The summed E-state index contributed by atoms with van der Waals surface area (Å²) in [5, 5.41) is 1.51. The van der Waals surface area contributed by atoms with Crippen LogP contribution in [0, 0.1) is 0 Å². The molecule has 0 bridgehead atoms. The van der Waals surface area contributed by atoms with E-state index in [4.69, 9.17) is 0 Å². The normalized spacial score (nSPS) is 12.9. The molecular weight excluding hydrogens is 186 g/mol. The van der Waals surface area contributed by atoms with Crippen LogP contribution in [0.4, 0.5) is 0 Å². The Morgan fingerprint density at radius 3 is 2.64 bits per heavy atom. The van der Waals surface area contributed by atoms with Crippen molar-refractivity contribution in [2.24, 2.45) is 0 Å². The fourth-order valence-corrected chi connectivity index (χ4v) is 4.31. The molecule has 0 spiro atoms. The van der Waals surface area contributed by atoms with Gasteiger partial charge in [0.1, 0.15) is 8.96 Å². The smallest absolute Gasteiger partial charge is 0.143 e. The SMILES string of the molecule is C=Cc1cccc([SiH](CC)N(C)C)c1. The van der Waals surface area contributed by atoms with Crippen LogP contribution < -0.4 is 5.19 Å². The van der Waals surface area contributed by atoms with Gasteiger partial charge < -0.3 is 4.57 Å². The van der Waals surface area contributed by atoms with Crippen LogP contribution in [0.2, 0.25) is 6.04 Å². The predicted octanol–water partition coefficient (Wildman–Crippen LogP) is 1.84. The van der Waals surface area contributed by atoms with Crippen LogP contribution in [0.1, 0.15) is 12.5 Å². The quantitative estimate of drug-likeness (QED) is 0.678. The number of rotatable bonds is 4. The number of benzene rings is 1. The van der Waals surface area contributed by atoms with E-state index >= 15 is 0 Å². The summed E-state index contributed by atoms with van der Waals surface area (Å²) in [6, 6.07) is 10.0. The van der Waals surface area contributed by atoms with E-state index in [-0.39, 0.29) is 0 Å². The molecule has 1 unspecified atom stereocenters. The maximum absolute atomic E-state index is 3.80. The van der Waals surface area contributed by atoms with Gasteiger partial charge >= 0.3 is 0 Å². The molecule has 0 aliphatic heterocycles. The van der Waals surface area contributed by atoms with Gasteiger partial charge in [-0.3, -0.25) is 0 Å². The van der Waals surface area contributed by atoms with Gasteiger partial charge in [0, 0.05) is 0 Å². The van der Waals surface area contributed by atoms with Crippen molar-refractivity contribution < 1.29 is 0 Å². The first kappa shape index (κ1) is 11.2. The molecule has 0 fully saturated rings. The minimum absolute atomic E-state index is 0.901. The van der Waals surface area contributed by atoms with E-state index in [1.807, 2.05) is 6.08 Å². The number of hydrogen-bond donors (Lipinski definition) is 0. The van der Waals surface area contributed by atoms with Crippen LogP contribution in [0.15, 0.2) is 30.8 Å². The third-order valence-electron chi connectivity index (χ3n) is 2.54. The fourth-order valence-electron chi connectivity index (χ4n) is 1.79. The van der Waals surface area contributed by atoms with Crippen LogP contribution in [-0.2, 0) is 0 Å². The molecule has 0 heterocycles. The zero-order valence-corrected chi connectivity index (χ0v) is 10.5. The van der Waals surface area contributed by atoms with Crippen molar-refractivity contribution in [3.8, 4) is 0 Å². The van der Waals surface area contributed by atoms with Crippen molar-refractivity contribution >= 4 is 20.2 Å². The lowest BCUT2D eigenvalue weighted by molar-refractivity contribution is 0.646. The van der Waals surface area contributed by atoms with Gasteiger partial charge in [-0.15, -0.1) is 0 Å². The minimum Gasteiger partial charge on any atom is -0.328 e. The third kappa shape index (κ3) is 2.56. The first-order valence-electron chi connectivity index (χ1n) is 5.07. The highest BCUT2D eigenvalue weighted by Crippen LogP contribution is 2.02. The highest BCUT2D eigenvalue weighted by molar-refractivity contribution is 6.70. The van der Waals surface area contributed by atoms with E-state index < -0.39 is 8.96 Å². The van der Waals surface area contributed by atoms with Gasteiger partial charge in [0.15, 0.2) is 0 Å². The first-order chi connectivity index (χ1) is 6.69. The van der Waals surface area contributed by atoms with Crippen LogP contribution >= 0.6 is 0 Å². The summed E-state index contributed by atoms with van der Waals surface area (Å²) in [6.45, 7) is 6.08. The van der Waals surface area contributed by atoms with Crippen molar-refractivity contribution in [1.82, 2.24) is 4.57 Å². The van der Waals surface area contributed by atoms with Crippen molar-refractivity contribution in [2.75, 3.05) is 14.1 Å². The number of hydrogen-bond acceptors (Lipinski definition) is 1. The monoisotopic (exact) mass is 205 g/mol. The van der Waals surface area contributed by atoms with Crippen LogP contribution in [0.3, 0.4) is 0 Å². The zero-order chi connectivity index (χ0) is 10.6. The molecule has 2 heteroatoms. The Morgan fingerprint density at radius 1 is 1.43 bits per heavy atom. The van der Waals surface area contributed by atoms with Gasteiger partial charge in [-0.25, -0.2) is 0 Å². The van der Waals surface area contributed by atoms with Crippen LogP contribution in [-0.4, -0.2) is 27.6 Å². The molecule has 14 heavy (non-hydrogen) atoms. The average Bonchev–Trinajstić information content (AvgIpc) is 2.19. The molecule has 0 radical (unpaired) electrons. The lowest BCUT2D eigenvalue weighted by Crippen LogP contribution is -2.43. The molecule has 0 N–H and O–H groups in total. The molecule has 0 saturated heterocycles. The summed E-state index contributed by atoms with van der Waals surface area (Å²) < 4.78 is 2.39. The molecule has 0 amide bonds. The Kier molecular flexibility index (Phi) is 4.11. The molecule has 0 aliphatic rings. The second kappa shape index (κ2) is 5.13. The molecule has 1 atom stereocenters. The summed E-state index contributed by atoms with van der Waals surface area (Å²) in [5.41, 5.74) is 1.23. The molecule has 1 nitrogen and oxygen atoms in total. The first-order valence-corrected chi connectivity index (χ1v) is 6.99. The zero-order valence-electron chi connectivity index (χ0n) is 9.33. The van der Waals surface area contributed by atoms with E-state index in [1.54, 1.807) is 0 Å². The van der Waals surface area contributed by atoms with E-state index in [0.717, 1.165) is 0 Å². The van der Waals surface area contributed by atoms with Gasteiger partial charge in [-0.1, -0.05) is 43.8 Å². The van der Waals surface area contributed by atoms with E-state index in [0.29, 0.717) is 0 Å². The Balaban J connectivity index is 2.97. The number of nitrogens with zero attached hydrogens (tertiary/aromatic N) is 1. The second-order valence-electron chi connectivity index (χ2n) is 3.76. The Morgan fingerprint density at radius 2 is 2.14 bits per heavy atom. The highest BCUT2D eigenvalue weighted by atomic mass is 28.3. The summed E-state index contributed by atoms with van der Waals surface area (Å²) in [6.07, 6.45) is 1.92. The fraction of sp³-hybridized carbons (Fsp3) is 0.333. The van der Waals surface area contributed by atoms with Gasteiger partial charge in [0.25, 0.3) is 0 Å². The molecule has 0 aromatic heterocycles. The predicted molar refractivity (Wildman–Crippen MR) is 67.5 cm³/mol. The lowest BCUT2D eigenvalue weighted by atomic mass is 10.2. The Labute approximate surface area is 88.7 Å². The summed E-state index contributed by atoms with van der Waals surface area (Å²) in [7, 11) is 3.46. The van der Waals surface area contributed by atoms with E-state index in [1.165, 1.54) is 16.8 Å². The average molecular weight is 205 g/mol. The van der Waals surface area contributed by atoms with Crippen molar-refractivity contribution in [3.05, 3.63) is 36.4 Å². The molecule has 1 rings (SSSR count). The van der Waals surface area contributed by atoms with Crippen molar-refractivity contribution in [1.29, 1.82) is 0 Å². The van der Waals surface area contributed by atoms with E-state index in [9.17, 15) is 0 Å². The highest BCUT2D eigenvalue weighted by Gasteiger charge is 2.13. The Hall–Kier alpha value is -0.863. The van der Waals surface area contributed by atoms with Gasteiger partial charge in [-0.2, -0.15) is 0 Å². The molecule has 0 aliphatic carbocycles. The second-order valence-corrected chi connectivity index (χ2v) is 7.31. The van der Waals surface area contributed by atoms with E-state index in [2.05, 4.69) is 56.4 Å². The van der Waals surface area contributed by atoms with Gasteiger partial charge in [-0.05, 0) is 30.9 Å². The molecule has 1 aromatic rings. The largest absolute Gasteiger partial charge is 0.328 e. The van der Waals surface area contributed by atoms with Gasteiger partial charge in [0.2, 0.25) is 0 Å². The molecule has 1 aromatic carbocycles. The summed E-state index contributed by atoms with van der Waals surface area (Å²) in [5.74, 6) is 0. The Bertz CT molecular complexity index is 307. The van der Waals surface area contributed by atoms with Crippen molar-refractivity contribution in [3.63, 3.8) is 0 Å². The topological polar surface area (TPSA) is 3.24 Å². The van der Waals surface area contributed by atoms with Gasteiger partial charge in [0.05, 0.1) is 0 Å². The molecule has 76 valence electrons. The van der Waals surface area contributed by atoms with Crippen molar-refractivity contribution in [2.45, 2.75) is 13.0 Å². The maximum atomic E-state index is 3.80. The molecule has 0 saturated carbocycles. The molecular formula is C12H19NSi. The van der Waals surface area contributed by atoms with Crippen LogP contribution in [0.25, 0.3) is 6.08 Å². The lowest BCUT2D eigenvalue weighted by Gasteiger charge is -2.21. The minimum atomic E-state index is -0.901. The summed E-state index contributed by atoms with van der Waals surface area (Å²) in [4.78, 5) is 0. The maximum Gasteiger partial charge on any atom is 0.143 e. The summed E-state index contributed by atoms with van der Waals surface area (Å²) >= 11 is 0.